The number of nitrogens with zero attached hydrogens (tertiary/aromatic N) is 2. The number of fused-ring (bicyclic) bond motifs is 1. The van der Waals surface area contributed by atoms with Crippen LogP contribution in [0, 0.1) is 0 Å². The number of carbonyl (C=O) groups is 1. The normalized spacial score (nSPS) is 20.7. The molecule has 0 radical (unpaired) electrons. The largest absolute Gasteiger partial charge is 0.377 e. The highest BCUT2D eigenvalue weighted by Crippen LogP contribution is 2.26. The summed E-state index contributed by atoms with van der Waals surface area (Å²) >= 11 is 0. The smallest absolute Gasteiger partial charge is 0.317 e. The van der Waals surface area contributed by atoms with Crippen molar-refractivity contribution in [2.75, 3.05) is 38.2 Å². The highest BCUT2D eigenvalue weighted by atomic mass is 16.5. The van der Waals surface area contributed by atoms with Gasteiger partial charge in [0.25, 0.3) is 0 Å². The van der Waals surface area contributed by atoms with E-state index < -0.39 is 0 Å². The van der Waals surface area contributed by atoms with Gasteiger partial charge in [-0.25, -0.2) is 4.79 Å². The molecule has 1 aromatic rings. The molecule has 0 spiro atoms. The molecule has 0 aromatic heterocycles. The molecule has 132 valence electrons. The minimum absolute atomic E-state index is 0.0224. The van der Waals surface area contributed by atoms with Crippen LogP contribution in [0.5, 0.6) is 0 Å². The topological polar surface area (TPSA) is 44.8 Å². The summed E-state index contributed by atoms with van der Waals surface area (Å²) in [5.41, 5.74) is 3.90. The molecular weight excluding hydrogens is 302 g/mol. The average Bonchev–Trinajstić information content (AvgIpc) is 2.60. The Morgan fingerprint density at radius 3 is 3.04 bits per heavy atom. The Hall–Kier alpha value is -1.75. The molecule has 3 rings (SSSR count). The van der Waals surface area contributed by atoms with Crippen LogP contribution in [0.25, 0.3) is 0 Å². The third-order valence-corrected chi connectivity index (χ3v) is 5.01. The van der Waals surface area contributed by atoms with Gasteiger partial charge < -0.3 is 19.9 Å². The van der Waals surface area contributed by atoms with Crippen molar-refractivity contribution in [3.05, 3.63) is 29.3 Å². The van der Waals surface area contributed by atoms with Crippen LogP contribution < -0.4 is 10.2 Å². The second kappa shape index (κ2) is 7.88. The zero-order valence-electron chi connectivity index (χ0n) is 14.9. The lowest BCUT2D eigenvalue weighted by Crippen LogP contribution is -2.47. The molecule has 24 heavy (non-hydrogen) atoms. The fraction of sp³-hybridized carbons (Fsp3) is 0.632. The molecule has 1 aromatic carbocycles. The van der Waals surface area contributed by atoms with Crippen molar-refractivity contribution < 1.29 is 9.53 Å². The van der Waals surface area contributed by atoms with Gasteiger partial charge in [-0.05, 0) is 49.8 Å². The van der Waals surface area contributed by atoms with Crippen LogP contribution in [-0.4, -0.2) is 50.3 Å². The quantitative estimate of drug-likeness (QED) is 0.923. The summed E-state index contributed by atoms with van der Waals surface area (Å²) in [6.07, 6.45) is 4.59. The first-order valence-electron chi connectivity index (χ1n) is 9.14. The molecule has 5 nitrogen and oxygen atoms in total. The maximum absolute atomic E-state index is 12.4. The lowest BCUT2D eigenvalue weighted by molar-refractivity contribution is 0.0164. The molecular formula is C19H29N3O2. The van der Waals surface area contributed by atoms with Gasteiger partial charge in [-0.2, -0.15) is 0 Å². The molecule has 2 aliphatic rings. The van der Waals surface area contributed by atoms with E-state index >= 15 is 0 Å². The Labute approximate surface area is 145 Å². The van der Waals surface area contributed by atoms with Gasteiger partial charge in [-0.15, -0.1) is 0 Å². The Bertz CT molecular complexity index is 574. The summed E-state index contributed by atoms with van der Waals surface area (Å²) in [4.78, 5) is 16.6. The third kappa shape index (κ3) is 4.01. The van der Waals surface area contributed by atoms with E-state index in [2.05, 4.69) is 35.5 Å². The summed E-state index contributed by atoms with van der Waals surface area (Å²) in [5, 5.41) is 3.07. The summed E-state index contributed by atoms with van der Waals surface area (Å²) in [6.45, 7) is 5.96. The highest BCUT2D eigenvalue weighted by Gasteiger charge is 2.23. The zero-order valence-corrected chi connectivity index (χ0v) is 14.9. The van der Waals surface area contributed by atoms with Crippen molar-refractivity contribution in [3.63, 3.8) is 0 Å². The molecule has 1 N–H and O–H groups in total. The first-order valence-corrected chi connectivity index (χ1v) is 9.14. The molecule has 2 amide bonds. The van der Waals surface area contributed by atoms with Gasteiger partial charge in [0.15, 0.2) is 0 Å². The van der Waals surface area contributed by atoms with Crippen molar-refractivity contribution in [1.29, 1.82) is 0 Å². The molecule has 0 bridgehead atoms. The summed E-state index contributed by atoms with van der Waals surface area (Å²) in [7, 11) is 2.14. The molecule has 1 atom stereocenters. The number of hydrogen-bond donors (Lipinski definition) is 1. The first-order chi connectivity index (χ1) is 11.7. The fourth-order valence-corrected chi connectivity index (χ4v) is 3.73. The van der Waals surface area contributed by atoms with Crippen LogP contribution in [0.1, 0.15) is 37.3 Å². The van der Waals surface area contributed by atoms with Gasteiger partial charge in [0, 0.05) is 45.5 Å². The van der Waals surface area contributed by atoms with Gasteiger partial charge in [0.2, 0.25) is 0 Å². The number of benzene rings is 1. The van der Waals surface area contributed by atoms with Gasteiger partial charge in [0.05, 0.1) is 6.10 Å². The number of hydrogen-bond acceptors (Lipinski definition) is 3. The Morgan fingerprint density at radius 1 is 1.33 bits per heavy atom. The van der Waals surface area contributed by atoms with E-state index in [1.54, 1.807) is 0 Å². The summed E-state index contributed by atoms with van der Waals surface area (Å²) in [6, 6.07) is 6.57. The van der Waals surface area contributed by atoms with Crippen molar-refractivity contribution >= 4 is 11.7 Å². The number of rotatable bonds is 4. The number of aryl methyl sites for hydroxylation is 1. The second-order valence-corrected chi connectivity index (χ2v) is 6.81. The lowest BCUT2D eigenvalue weighted by Gasteiger charge is -2.32. The van der Waals surface area contributed by atoms with Crippen LogP contribution in [0.3, 0.4) is 0 Å². The molecule has 1 unspecified atom stereocenters. The van der Waals surface area contributed by atoms with Crippen LogP contribution in [0.4, 0.5) is 10.5 Å². The zero-order chi connectivity index (χ0) is 16.9. The Balaban J connectivity index is 1.54. The number of amides is 2. The number of nitrogens with one attached hydrogen (secondary N) is 1. The molecule has 2 heterocycles. The minimum atomic E-state index is 0.0224. The number of ether oxygens (including phenoxy) is 1. The standard InChI is InChI=1S/C19H29N3O2/c1-3-24-17-7-5-11-22(14-17)19(23)20-13-15-8-9-18-16(12-15)6-4-10-21(18)2/h8-9,12,17H,3-7,10-11,13-14H2,1-2H3,(H,20,23). The molecule has 0 aliphatic carbocycles. The molecule has 5 heteroatoms. The number of likely N-dealkylation sites (tertiary alicyclic amines) is 1. The SMILES string of the molecule is CCOC1CCCN(C(=O)NCc2ccc3c(c2)CCCN3C)C1. The predicted octanol–water partition coefficient (Wildman–Crippen LogP) is 2.78. The van der Waals surface area contributed by atoms with E-state index in [0.29, 0.717) is 19.7 Å². The van der Waals surface area contributed by atoms with E-state index in [-0.39, 0.29) is 12.1 Å². The predicted molar refractivity (Wildman–Crippen MR) is 96.5 cm³/mol. The van der Waals surface area contributed by atoms with Gasteiger partial charge >= 0.3 is 6.03 Å². The van der Waals surface area contributed by atoms with Crippen molar-refractivity contribution in [2.45, 2.75) is 45.3 Å². The molecule has 0 saturated carbocycles. The maximum atomic E-state index is 12.4. The lowest BCUT2D eigenvalue weighted by atomic mass is 9.99. The maximum Gasteiger partial charge on any atom is 0.317 e. The van der Waals surface area contributed by atoms with Crippen molar-refractivity contribution in [3.8, 4) is 0 Å². The number of carbonyl (C=O) groups excluding carboxylic acids is 1. The van der Waals surface area contributed by atoms with Crippen LogP contribution in [-0.2, 0) is 17.7 Å². The highest BCUT2D eigenvalue weighted by molar-refractivity contribution is 5.74. The van der Waals surface area contributed by atoms with Crippen LogP contribution >= 0.6 is 0 Å². The van der Waals surface area contributed by atoms with E-state index in [1.807, 2.05) is 11.8 Å². The third-order valence-electron chi connectivity index (χ3n) is 5.01. The monoisotopic (exact) mass is 331 g/mol. The van der Waals surface area contributed by atoms with E-state index in [4.69, 9.17) is 4.74 Å². The first kappa shape index (κ1) is 17.1. The molecule has 1 saturated heterocycles. The van der Waals surface area contributed by atoms with E-state index in [9.17, 15) is 4.79 Å². The Morgan fingerprint density at radius 2 is 2.21 bits per heavy atom. The van der Waals surface area contributed by atoms with Gasteiger partial charge in [0.1, 0.15) is 0 Å². The average molecular weight is 331 g/mol. The molecule has 2 aliphatic heterocycles. The summed E-state index contributed by atoms with van der Waals surface area (Å²) in [5.74, 6) is 0. The van der Waals surface area contributed by atoms with Crippen LogP contribution in [0.15, 0.2) is 18.2 Å². The summed E-state index contributed by atoms with van der Waals surface area (Å²) < 4.78 is 5.67. The van der Waals surface area contributed by atoms with Gasteiger partial charge in [-0.3, -0.25) is 0 Å². The second-order valence-electron chi connectivity index (χ2n) is 6.81. The number of piperidine rings is 1. The Kier molecular flexibility index (Phi) is 5.61. The van der Waals surface area contributed by atoms with Crippen molar-refractivity contribution in [1.82, 2.24) is 10.2 Å². The van der Waals surface area contributed by atoms with Crippen LogP contribution in [0.2, 0.25) is 0 Å². The van der Waals surface area contributed by atoms with E-state index in [0.717, 1.165) is 32.4 Å². The minimum Gasteiger partial charge on any atom is -0.377 e. The van der Waals surface area contributed by atoms with Crippen molar-refractivity contribution in [2.24, 2.45) is 0 Å². The number of anilines is 1. The van der Waals surface area contributed by atoms with E-state index in [1.165, 1.54) is 23.2 Å². The van der Waals surface area contributed by atoms with Gasteiger partial charge in [-0.1, -0.05) is 12.1 Å². The molecule has 1 fully saturated rings. The fourth-order valence-electron chi connectivity index (χ4n) is 3.73. The number of urea groups is 1.